The van der Waals surface area contributed by atoms with Gasteiger partial charge in [-0.1, -0.05) is 18.6 Å². The van der Waals surface area contributed by atoms with E-state index in [4.69, 9.17) is 4.74 Å². The Morgan fingerprint density at radius 2 is 1.79 bits per heavy atom. The van der Waals surface area contributed by atoms with Gasteiger partial charge in [0.15, 0.2) is 0 Å². The molecule has 0 aromatic heterocycles. The van der Waals surface area contributed by atoms with Crippen molar-refractivity contribution in [3.63, 3.8) is 0 Å². The van der Waals surface area contributed by atoms with Gasteiger partial charge in [0, 0.05) is 0 Å². The molecular weight excluding hydrogens is 243 g/mol. The molecule has 2 aliphatic rings. The van der Waals surface area contributed by atoms with Crippen molar-refractivity contribution < 1.29 is 13.9 Å². The average Bonchev–Trinajstić information content (AvgIpc) is 3.21. The maximum Gasteiger partial charge on any atom is 0.309 e. The van der Waals surface area contributed by atoms with Crippen LogP contribution in [0.4, 0.5) is 4.39 Å². The molecule has 2 fully saturated rings. The van der Waals surface area contributed by atoms with E-state index < -0.39 is 0 Å². The van der Waals surface area contributed by atoms with E-state index in [-0.39, 0.29) is 29.7 Å². The number of halogens is 1. The normalized spacial score (nSPS) is 27.0. The molecule has 0 N–H and O–H groups in total. The summed E-state index contributed by atoms with van der Waals surface area (Å²) in [5.41, 5.74) is 1.05. The van der Waals surface area contributed by atoms with Crippen molar-refractivity contribution in [2.45, 2.75) is 50.5 Å². The first-order valence-electron chi connectivity index (χ1n) is 7.20. The molecular formula is C16H19FO2. The van der Waals surface area contributed by atoms with Crippen LogP contribution in [-0.2, 0) is 9.53 Å². The number of esters is 1. The largest absolute Gasteiger partial charge is 0.462 e. The van der Waals surface area contributed by atoms with E-state index in [1.54, 1.807) is 12.1 Å². The minimum absolute atomic E-state index is 0.00705. The zero-order valence-electron chi connectivity index (χ0n) is 11.0. The second kappa shape index (κ2) is 5.32. The number of ether oxygens (including phenoxy) is 1. The van der Waals surface area contributed by atoms with Gasteiger partial charge in [-0.2, -0.15) is 0 Å². The number of carbonyl (C=O) groups excluding carboxylic acids is 1. The Hall–Kier alpha value is -1.38. The lowest BCUT2D eigenvalue weighted by molar-refractivity contribution is -0.152. The van der Waals surface area contributed by atoms with E-state index in [0.717, 1.165) is 24.8 Å². The van der Waals surface area contributed by atoms with Crippen molar-refractivity contribution in [3.05, 3.63) is 35.6 Å². The molecule has 2 atom stereocenters. The van der Waals surface area contributed by atoms with Crippen LogP contribution in [-0.4, -0.2) is 12.1 Å². The van der Waals surface area contributed by atoms with Crippen LogP contribution in [0, 0.1) is 11.7 Å². The quantitative estimate of drug-likeness (QED) is 0.774. The first-order chi connectivity index (χ1) is 9.24. The predicted molar refractivity (Wildman–Crippen MR) is 70.2 cm³/mol. The Bertz CT molecular complexity index is 448. The lowest BCUT2D eigenvalue weighted by Crippen LogP contribution is -2.22. The van der Waals surface area contributed by atoms with Gasteiger partial charge in [0.05, 0.1) is 5.92 Å². The molecule has 19 heavy (non-hydrogen) atoms. The molecule has 0 saturated heterocycles. The highest BCUT2D eigenvalue weighted by Crippen LogP contribution is 2.48. The minimum atomic E-state index is -0.231. The molecule has 0 spiro atoms. The second-order valence-corrected chi connectivity index (χ2v) is 5.70. The highest BCUT2D eigenvalue weighted by molar-refractivity contribution is 5.77. The van der Waals surface area contributed by atoms with E-state index in [0.29, 0.717) is 0 Å². The molecule has 3 rings (SSSR count). The first kappa shape index (κ1) is 12.6. The fraction of sp³-hybridized carbons (Fsp3) is 0.562. The van der Waals surface area contributed by atoms with Gasteiger partial charge >= 0.3 is 5.97 Å². The molecule has 0 aliphatic heterocycles. The molecule has 2 saturated carbocycles. The van der Waals surface area contributed by atoms with Gasteiger partial charge in [0.2, 0.25) is 0 Å². The van der Waals surface area contributed by atoms with Crippen LogP contribution >= 0.6 is 0 Å². The van der Waals surface area contributed by atoms with Gasteiger partial charge in [-0.15, -0.1) is 0 Å². The summed E-state index contributed by atoms with van der Waals surface area (Å²) in [5, 5.41) is 0. The molecule has 2 aliphatic carbocycles. The molecule has 102 valence electrons. The van der Waals surface area contributed by atoms with Crippen molar-refractivity contribution in [1.82, 2.24) is 0 Å². The molecule has 1 aromatic rings. The van der Waals surface area contributed by atoms with Crippen LogP contribution in [0.3, 0.4) is 0 Å². The minimum Gasteiger partial charge on any atom is -0.462 e. The summed E-state index contributed by atoms with van der Waals surface area (Å²) in [6, 6.07) is 6.45. The Labute approximate surface area is 113 Å². The highest BCUT2D eigenvalue weighted by Gasteiger charge is 2.45. The monoisotopic (exact) mass is 262 g/mol. The third-order valence-electron chi connectivity index (χ3n) is 4.23. The summed E-state index contributed by atoms with van der Waals surface area (Å²) in [4.78, 5) is 12.0. The third-order valence-corrected chi connectivity index (χ3v) is 4.23. The maximum atomic E-state index is 12.8. The Morgan fingerprint density at radius 1 is 1.11 bits per heavy atom. The van der Waals surface area contributed by atoms with E-state index in [1.807, 2.05) is 0 Å². The molecule has 0 radical (unpaired) electrons. The maximum absolute atomic E-state index is 12.8. The summed E-state index contributed by atoms with van der Waals surface area (Å²) in [7, 11) is 0. The van der Waals surface area contributed by atoms with Crippen molar-refractivity contribution in [1.29, 1.82) is 0 Å². The SMILES string of the molecule is O=C(OC1CCCCC1)C1CC1c1ccc(F)cc1. The van der Waals surface area contributed by atoms with Gasteiger partial charge in [0.1, 0.15) is 11.9 Å². The van der Waals surface area contributed by atoms with Gasteiger partial charge in [-0.05, 0) is 55.7 Å². The van der Waals surface area contributed by atoms with Gasteiger partial charge in [-0.25, -0.2) is 4.39 Å². The zero-order chi connectivity index (χ0) is 13.2. The second-order valence-electron chi connectivity index (χ2n) is 5.70. The van der Waals surface area contributed by atoms with Crippen molar-refractivity contribution in [2.24, 2.45) is 5.92 Å². The van der Waals surface area contributed by atoms with Crippen LogP contribution in [0.1, 0.15) is 50.0 Å². The van der Waals surface area contributed by atoms with Crippen molar-refractivity contribution in [3.8, 4) is 0 Å². The standard InChI is InChI=1S/C16H19FO2/c17-12-8-6-11(7-9-12)14-10-15(14)16(18)19-13-4-2-1-3-5-13/h6-9,13-15H,1-5,10H2. The first-order valence-corrected chi connectivity index (χ1v) is 7.20. The molecule has 2 nitrogen and oxygen atoms in total. The molecule has 0 heterocycles. The van der Waals surface area contributed by atoms with Gasteiger partial charge < -0.3 is 4.74 Å². The van der Waals surface area contributed by atoms with Crippen molar-refractivity contribution in [2.75, 3.05) is 0 Å². The molecule has 0 bridgehead atoms. The Morgan fingerprint density at radius 3 is 2.47 bits per heavy atom. The van der Waals surface area contributed by atoms with Crippen LogP contribution in [0.25, 0.3) is 0 Å². The van der Waals surface area contributed by atoms with Gasteiger partial charge in [0.25, 0.3) is 0 Å². The van der Waals surface area contributed by atoms with Crippen LogP contribution in [0.5, 0.6) is 0 Å². The topological polar surface area (TPSA) is 26.3 Å². The Balaban J connectivity index is 1.54. The fourth-order valence-corrected chi connectivity index (χ4v) is 2.97. The molecule has 0 amide bonds. The van der Waals surface area contributed by atoms with Crippen LogP contribution in [0.2, 0.25) is 0 Å². The van der Waals surface area contributed by atoms with Crippen LogP contribution < -0.4 is 0 Å². The summed E-state index contributed by atoms with van der Waals surface area (Å²) in [6.07, 6.45) is 6.61. The van der Waals surface area contributed by atoms with Crippen molar-refractivity contribution >= 4 is 5.97 Å². The number of carbonyl (C=O) groups is 1. The van der Waals surface area contributed by atoms with E-state index >= 15 is 0 Å². The predicted octanol–water partition coefficient (Wildman–Crippen LogP) is 3.81. The number of benzene rings is 1. The Kier molecular flexibility index (Phi) is 3.54. The van der Waals surface area contributed by atoms with Crippen LogP contribution in [0.15, 0.2) is 24.3 Å². The number of rotatable bonds is 3. The molecule has 1 aromatic carbocycles. The number of hydrogen-bond acceptors (Lipinski definition) is 2. The van der Waals surface area contributed by atoms with E-state index in [2.05, 4.69) is 0 Å². The lowest BCUT2D eigenvalue weighted by atomic mass is 9.98. The smallest absolute Gasteiger partial charge is 0.309 e. The summed E-state index contributed by atoms with van der Waals surface area (Å²) in [5.74, 6) is -0.0592. The summed E-state index contributed by atoms with van der Waals surface area (Å²) >= 11 is 0. The van der Waals surface area contributed by atoms with Gasteiger partial charge in [-0.3, -0.25) is 4.79 Å². The molecule has 2 unspecified atom stereocenters. The average molecular weight is 262 g/mol. The molecule has 3 heteroatoms. The summed E-state index contributed by atoms with van der Waals surface area (Å²) in [6.45, 7) is 0. The third kappa shape index (κ3) is 2.96. The summed E-state index contributed by atoms with van der Waals surface area (Å²) < 4.78 is 18.4. The lowest BCUT2D eigenvalue weighted by Gasteiger charge is -2.21. The number of hydrogen-bond donors (Lipinski definition) is 0. The van der Waals surface area contributed by atoms with E-state index in [9.17, 15) is 9.18 Å². The van der Waals surface area contributed by atoms with E-state index in [1.165, 1.54) is 31.4 Å². The fourth-order valence-electron chi connectivity index (χ4n) is 2.97. The zero-order valence-corrected chi connectivity index (χ0v) is 11.0. The highest BCUT2D eigenvalue weighted by atomic mass is 19.1.